The molecule has 128 valence electrons. The minimum atomic E-state index is -0.115. The third-order valence-electron chi connectivity index (χ3n) is 3.73. The van der Waals surface area contributed by atoms with Gasteiger partial charge in [-0.05, 0) is 25.1 Å². The lowest BCUT2D eigenvalue weighted by molar-refractivity contribution is 0.0992. The molecule has 26 heavy (non-hydrogen) atoms. The third kappa shape index (κ3) is 3.25. The van der Waals surface area contributed by atoms with Crippen molar-refractivity contribution in [2.24, 2.45) is 0 Å². The number of carbonyl (C=O) groups is 1. The fraction of sp³-hybridized carbons (Fsp3) is 0.111. The molecule has 0 aromatic carbocycles. The first-order valence-corrected chi connectivity index (χ1v) is 7.91. The monoisotopic (exact) mass is 346 g/mol. The Morgan fingerprint density at radius 3 is 2.85 bits per heavy atom. The largest absolute Gasteiger partial charge is 0.453 e. The van der Waals surface area contributed by atoms with Crippen LogP contribution in [0.15, 0.2) is 55.5 Å². The molecule has 0 aliphatic rings. The summed E-state index contributed by atoms with van der Waals surface area (Å²) in [5, 5.41) is 7.92. The summed E-state index contributed by atoms with van der Waals surface area (Å²) in [5.74, 6) is 0.821. The van der Waals surface area contributed by atoms with Gasteiger partial charge in [0.25, 0.3) is 0 Å². The average Bonchev–Trinajstić information content (AvgIpc) is 3.10. The van der Waals surface area contributed by atoms with E-state index in [1.807, 2.05) is 25.1 Å². The van der Waals surface area contributed by atoms with Crippen molar-refractivity contribution in [2.75, 3.05) is 0 Å². The maximum atomic E-state index is 12.8. The Kier molecular flexibility index (Phi) is 4.06. The summed E-state index contributed by atoms with van der Waals surface area (Å²) in [5.41, 5.74) is 2.46. The summed E-state index contributed by atoms with van der Waals surface area (Å²) < 4.78 is 7.40. The molecule has 0 atom stereocenters. The Morgan fingerprint density at radius 2 is 2.04 bits per heavy atom. The standard InChI is InChI=1S/C18H14N6O2/c1-12-3-2-4-13(22-12)5-17(25)16-6-14(9-24-11-21-23-18(16)24)26-15-7-19-10-20-8-15/h2-4,6-11H,5H2,1H3. The zero-order chi connectivity index (χ0) is 17.9. The molecule has 0 unspecified atom stereocenters. The van der Waals surface area contributed by atoms with Crippen LogP contribution in [0.5, 0.6) is 11.5 Å². The maximum absolute atomic E-state index is 12.8. The van der Waals surface area contributed by atoms with Crippen LogP contribution in [0.25, 0.3) is 5.65 Å². The fourth-order valence-electron chi connectivity index (χ4n) is 2.60. The van der Waals surface area contributed by atoms with Crippen LogP contribution in [-0.4, -0.2) is 35.3 Å². The van der Waals surface area contributed by atoms with Crippen LogP contribution in [0.4, 0.5) is 0 Å². The van der Waals surface area contributed by atoms with E-state index >= 15 is 0 Å². The Balaban J connectivity index is 1.69. The second kappa shape index (κ2) is 6.67. The molecular weight excluding hydrogens is 332 g/mol. The SMILES string of the molecule is Cc1cccc(CC(=O)c2cc(Oc3cncnc3)cn3cnnc23)n1. The molecule has 0 amide bonds. The smallest absolute Gasteiger partial charge is 0.172 e. The summed E-state index contributed by atoms with van der Waals surface area (Å²) in [6, 6.07) is 7.25. The molecule has 0 N–H and O–H groups in total. The number of ketones is 1. The van der Waals surface area contributed by atoms with Crippen LogP contribution in [0.1, 0.15) is 21.7 Å². The van der Waals surface area contributed by atoms with Crippen LogP contribution < -0.4 is 4.74 Å². The number of hydrogen-bond acceptors (Lipinski definition) is 7. The van der Waals surface area contributed by atoms with Gasteiger partial charge in [-0.1, -0.05) is 6.07 Å². The number of carbonyl (C=O) groups excluding carboxylic acids is 1. The Morgan fingerprint density at radius 1 is 1.19 bits per heavy atom. The Labute approximate surface area is 148 Å². The molecule has 0 bridgehead atoms. The van der Waals surface area contributed by atoms with Crippen LogP contribution in [0.3, 0.4) is 0 Å². The molecule has 0 aliphatic heterocycles. The van der Waals surface area contributed by atoms with E-state index in [0.717, 1.165) is 5.69 Å². The van der Waals surface area contributed by atoms with Crippen LogP contribution in [-0.2, 0) is 6.42 Å². The van der Waals surface area contributed by atoms with Crippen LogP contribution in [0, 0.1) is 6.92 Å². The van der Waals surface area contributed by atoms with E-state index < -0.39 is 0 Å². The fourth-order valence-corrected chi connectivity index (χ4v) is 2.60. The van der Waals surface area contributed by atoms with Crippen molar-refractivity contribution in [2.45, 2.75) is 13.3 Å². The predicted octanol–water partition coefficient (Wildman–Crippen LogP) is 2.44. The molecule has 0 saturated heterocycles. The average molecular weight is 346 g/mol. The molecule has 0 radical (unpaired) electrons. The third-order valence-corrected chi connectivity index (χ3v) is 3.73. The summed E-state index contributed by atoms with van der Waals surface area (Å²) in [6.45, 7) is 1.89. The summed E-state index contributed by atoms with van der Waals surface area (Å²) >= 11 is 0. The van der Waals surface area contributed by atoms with E-state index in [1.165, 1.54) is 12.7 Å². The van der Waals surface area contributed by atoms with E-state index in [-0.39, 0.29) is 12.2 Å². The Hall–Kier alpha value is -3.68. The van der Waals surface area contributed by atoms with Crippen molar-refractivity contribution in [3.05, 3.63) is 72.5 Å². The number of ether oxygens (including phenoxy) is 1. The zero-order valence-corrected chi connectivity index (χ0v) is 13.9. The highest BCUT2D eigenvalue weighted by Crippen LogP contribution is 2.23. The first-order valence-electron chi connectivity index (χ1n) is 7.91. The van der Waals surface area contributed by atoms with E-state index in [1.54, 1.807) is 29.1 Å². The number of nitrogens with zero attached hydrogens (tertiary/aromatic N) is 6. The van der Waals surface area contributed by atoms with E-state index in [0.29, 0.717) is 28.4 Å². The van der Waals surface area contributed by atoms with Crippen LogP contribution in [0.2, 0.25) is 0 Å². The van der Waals surface area contributed by atoms with Crippen LogP contribution >= 0.6 is 0 Å². The summed E-state index contributed by atoms with van der Waals surface area (Å²) in [4.78, 5) is 25.0. The van der Waals surface area contributed by atoms with Gasteiger partial charge in [0, 0.05) is 11.4 Å². The number of aromatic nitrogens is 6. The van der Waals surface area contributed by atoms with Crippen molar-refractivity contribution < 1.29 is 9.53 Å². The molecule has 0 fully saturated rings. The molecule has 0 aliphatic carbocycles. The van der Waals surface area contributed by atoms with Crippen molar-refractivity contribution in [1.82, 2.24) is 29.5 Å². The van der Waals surface area contributed by atoms with Gasteiger partial charge >= 0.3 is 0 Å². The van der Waals surface area contributed by atoms with Crippen molar-refractivity contribution >= 4 is 11.4 Å². The van der Waals surface area contributed by atoms with Gasteiger partial charge in [0.15, 0.2) is 17.2 Å². The second-order valence-electron chi connectivity index (χ2n) is 5.70. The molecule has 4 aromatic rings. The lowest BCUT2D eigenvalue weighted by Crippen LogP contribution is -2.08. The zero-order valence-electron chi connectivity index (χ0n) is 13.9. The normalized spacial score (nSPS) is 10.8. The van der Waals surface area contributed by atoms with Gasteiger partial charge in [0.05, 0.1) is 30.6 Å². The van der Waals surface area contributed by atoms with Gasteiger partial charge in [-0.2, -0.15) is 0 Å². The number of aryl methyl sites for hydroxylation is 1. The number of Topliss-reactive ketones (excluding diaryl/α,β-unsaturated/α-hetero) is 1. The molecule has 0 saturated carbocycles. The highest BCUT2D eigenvalue weighted by Gasteiger charge is 2.16. The summed E-state index contributed by atoms with van der Waals surface area (Å²) in [6.07, 6.45) is 7.89. The van der Waals surface area contributed by atoms with Crippen molar-refractivity contribution in [3.63, 3.8) is 0 Å². The molecule has 4 rings (SSSR count). The topological polar surface area (TPSA) is 95.2 Å². The van der Waals surface area contributed by atoms with Gasteiger partial charge in [-0.15, -0.1) is 10.2 Å². The van der Waals surface area contributed by atoms with E-state index in [4.69, 9.17) is 4.74 Å². The molecular formula is C18H14N6O2. The maximum Gasteiger partial charge on any atom is 0.172 e. The minimum Gasteiger partial charge on any atom is -0.453 e. The molecule has 4 aromatic heterocycles. The number of hydrogen-bond donors (Lipinski definition) is 0. The van der Waals surface area contributed by atoms with E-state index in [2.05, 4.69) is 25.1 Å². The number of fused-ring (bicyclic) bond motifs is 1. The van der Waals surface area contributed by atoms with Gasteiger partial charge in [-0.25, -0.2) is 9.97 Å². The number of pyridine rings is 2. The molecule has 8 heteroatoms. The lowest BCUT2D eigenvalue weighted by Gasteiger charge is -2.08. The predicted molar refractivity (Wildman–Crippen MR) is 92.1 cm³/mol. The minimum absolute atomic E-state index is 0.115. The first kappa shape index (κ1) is 15.8. The van der Waals surface area contributed by atoms with Gasteiger partial charge in [-0.3, -0.25) is 14.2 Å². The van der Waals surface area contributed by atoms with Gasteiger partial charge in [0.2, 0.25) is 0 Å². The Bertz CT molecular complexity index is 1080. The first-order chi connectivity index (χ1) is 12.7. The highest BCUT2D eigenvalue weighted by atomic mass is 16.5. The highest BCUT2D eigenvalue weighted by molar-refractivity contribution is 6.02. The molecule has 0 spiro atoms. The number of rotatable bonds is 5. The van der Waals surface area contributed by atoms with Crippen molar-refractivity contribution in [1.29, 1.82) is 0 Å². The summed E-state index contributed by atoms with van der Waals surface area (Å²) in [7, 11) is 0. The van der Waals surface area contributed by atoms with Gasteiger partial charge in [0.1, 0.15) is 18.4 Å². The van der Waals surface area contributed by atoms with E-state index in [9.17, 15) is 4.79 Å². The van der Waals surface area contributed by atoms with Gasteiger partial charge < -0.3 is 4.74 Å². The quantitative estimate of drug-likeness (QED) is 0.512. The van der Waals surface area contributed by atoms with Crippen molar-refractivity contribution in [3.8, 4) is 11.5 Å². The lowest BCUT2D eigenvalue weighted by atomic mass is 10.1. The second-order valence-corrected chi connectivity index (χ2v) is 5.70. The molecule has 4 heterocycles. The molecule has 8 nitrogen and oxygen atoms in total.